The Morgan fingerprint density at radius 2 is 1.59 bits per heavy atom. The summed E-state index contributed by atoms with van der Waals surface area (Å²) < 4.78 is 29.7. The van der Waals surface area contributed by atoms with Gasteiger partial charge in [-0.05, 0) is 67.3 Å². The van der Waals surface area contributed by atoms with E-state index in [1.54, 1.807) is 12.1 Å². The molecule has 0 unspecified atom stereocenters. The Hall–Kier alpha value is -1.71. The Morgan fingerprint density at radius 1 is 0.906 bits per heavy atom. The van der Waals surface area contributed by atoms with Gasteiger partial charge in [0, 0.05) is 35.0 Å². The third-order valence-electron chi connectivity index (χ3n) is 4.72. The average molecular weight is 601 g/mol. The molecule has 5 nitrogen and oxygen atoms in total. The number of amides is 1. The molecule has 0 saturated heterocycles. The van der Waals surface area contributed by atoms with Crippen LogP contribution in [0, 0.1) is 0 Å². The van der Waals surface area contributed by atoms with Gasteiger partial charge in [0.25, 0.3) is 0 Å². The van der Waals surface area contributed by atoms with Gasteiger partial charge in [-0.2, -0.15) is 4.31 Å². The maximum Gasteiger partial charge on any atom is 0.244 e. The Kier molecular flexibility index (Phi) is 8.90. The highest BCUT2D eigenvalue weighted by atomic mass is 79.9. The second kappa shape index (κ2) is 11.4. The van der Waals surface area contributed by atoms with Gasteiger partial charge in [0.2, 0.25) is 15.9 Å². The van der Waals surface area contributed by atoms with E-state index in [9.17, 15) is 13.2 Å². The number of sulfonamides is 1. The molecule has 0 aliphatic rings. The summed E-state index contributed by atoms with van der Waals surface area (Å²) in [5.74, 6) is -0.239. The van der Waals surface area contributed by atoms with E-state index in [1.807, 2.05) is 48.5 Å². The number of nitrogens with one attached hydrogen (secondary N) is 1. The monoisotopic (exact) mass is 598 g/mol. The van der Waals surface area contributed by atoms with Crippen LogP contribution in [0.25, 0.3) is 0 Å². The van der Waals surface area contributed by atoms with Crippen LogP contribution in [0.1, 0.15) is 17.5 Å². The van der Waals surface area contributed by atoms with Crippen molar-refractivity contribution in [2.45, 2.75) is 24.4 Å². The molecule has 0 radical (unpaired) electrons. The summed E-state index contributed by atoms with van der Waals surface area (Å²) in [6, 6.07) is 21.3. The van der Waals surface area contributed by atoms with Crippen molar-refractivity contribution < 1.29 is 13.2 Å². The van der Waals surface area contributed by atoms with Crippen molar-refractivity contribution >= 4 is 59.4 Å². The van der Waals surface area contributed by atoms with E-state index in [0.29, 0.717) is 6.54 Å². The Morgan fingerprint density at radius 3 is 2.28 bits per heavy atom. The molecule has 0 saturated carbocycles. The van der Waals surface area contributed by atoms with Crippen molar-refractivity contribution in [1.82, 2.24) is 9.62 Å². The Bertz CT molecular complexity index is 1190. The summed E-state index contributed by atoms with van der Waals surface area (Å²) in [5.41, 5.74) is 1.75. The number of benzene rings is 3. The fourth-order valence-electron chi connectivity index (χ4n) is 3.03. The molecular weight excluding hydrogens is 580 g/mol. The van der Waals surface area contributed by atoms with Gasteiger partial charge in [0.1, 0.15) is 4.90 Å². The number of carbonyl (C=O) groups excluding carboxylic acids is 1. The molecule has 3 aromatic rings. The summed E-state index contributed by atoms with van der Waals surface area (Å²) >= 11 is 13.0. The number of halogens is 3. The maximum absolute atomic E-state index is 13.3. The van der Waals surface area contributed by atoms with Gasteiger partial charge >= 0.3 is 0 Å². The van der Waals surface area contributed by atoms with E-state index in [-0.39, 0.29) is 35.3 Å². The van der Waals surface area contributed by atoms with Crippen LogP contribution in [0.15, 0.2) is 86.6 Å². The first-order chi connectivity index (χ1) is 15.3. The Balaban J connectivity index is 1.71. The predicted molar refractivity (Wildman–Crippen MR) is 134 cm³/mol. The van der Waals surface area contributed by atoms with Gasteiger partial charge in [-0.1, -0.05) is 60.1 Å². The first-order valence-electron chi connectivity index (χ1n) is 9.76. The van der Waals surface area contributed by atoms with Crippen LogP contribution in [-0.2, 0) is 27.9 Å². The van der Waals surface area contributed by atoms with Crippen LogP contribution in [0.4, 0.5) is 0 Å². The summed E-state index contributed by atoms with van der Waals surface area (Å²) in [6.45, 7) is 0.514. The smallest absolute Gasteiger partial charge is 0.244 e. The van der Waals surface area contributed by atoms with E-state index in [2.05, 4.69) is 37.2 Å². The zero-order valence-electron chi connectivity index (χ0n) is 17.0. The van der Waals surface area contributed by atoms with Gasteiger partial charge in [-0.3, -0.25) is 4.79 Å². The van der Waals surface area contributed by atoms with Crippen LogP contribution >= 0.6 is 43.5 Å². The largest absolute Gasteiger partial charge is 0.352 e. The molecule has 1 N–H and O–H groups in total. The number of rotatable bonds is 9. The summed E-state index contributed by atoms with van der Waals surface area (Å²) in [6.07, 6.45) is 0.0220. The predicted octanol–water partition coefficient (Wildman–Crippen LogP) is 5.76. The second-order valence-electron chi connectivity index (χ2n) is 7.03. The van der Waals surface area contributed by atoms with Crippen molar-refractivity contribution in [3.63, 3.8) is 0 Å². The van der Waals surface area contributed by atoms with Crippen molar-refractivity contribution in [3.8, 4) is 0 Å². The molecule has 3 rings (SSSR count). The average Bonchev–Trinajstić information content (AvgIpc) is 2.78. The molecule has 0 heterocycles. The highest BCUT2D eigenvalue weighted by Crippen LogP contribution is 2.26. The third-order valence-corrected chi connectivity index (χ3v) is 8.94. The molecule has 0 aliphatic carbocycles. The first kappa shape index (κ1) is 24.9. The number of carbonyl (C=O) groups is 1. The van der Waals surface area contributed by atoms with Crippen LogP contribution in [0.3, 0.4) is 0 Å². The minimum atomic E-state index is -3.89. The maximum atomic E-state index is 13.3. The van der Waals surface area contributed by atoms with Crippen molar-refractivity contribution in [2.24, 2.45) is 0 Å². The van der Waals surface area contributed by atoms with Gasteiger partial charge in [0.05, 0.1) is 5.02 Å². The lowest BCUT2D eigenvalue weighted by molar-refractivity contribution is -0.121. The second-order valence-corrected chi connectivity index (χ2v) is 11.1. The summed E-state index contributed by atoms with van der Waals surface area (Å²) in [7, 11) is -3.89. The zero-order chi connectivity index (χ0) is 23.1. The lowest BCUT2D eigenvalue weighted by atomic mass is 10.2. The SMILES string of the molecule is O=C(CCN(Cc1ccccc1)S(=O)(=O)c1ccccc1Cl)NCc1ccc(Br)c(Br)c1. The number of hydrogen-bond acceptors (Lipinski definition) is 3. The molecule has 0 atom stereocenters. The van der Waals surface area contributed by atoms with Gasteiger partial charge < -0.3 is 5.32 Å². The van der Waals surface area contributed by atoms with Gasteiger partial charge in [0.15, 0.2) is 0 Å². The molecule has 32 heavy (non-hydrogen) atoms. The summed E-state index contributed by atoms with van der Waals surface area (Å²) in [5, 5.41) is 2.99. The molecular formula is C23H21Br2ClN2O3S. The van der Waals surface area contributed by atoms with Crippen LogP contribution in [-0.4, -0.2) is 25.2 Å². The fourth-order valence-corrected chi connectivity index (χ4v) is 5.62. The molecule has 9 heteroatoms. The van der Waals surface area contributed by atoms with Gasteiger partial charge in [-0.25, -0.2) is 8.42 Å². The van der Waals surface area contributed by atoms with Crippen molar-refractivity contribution in [2.75, 3.05) is 6.54 Å². The van der Waals surface area contributed by atoms with E-state index in [1.165, 1.54) is 16.4 Å². The molecule has 3 aromatic carbocycles. The molecule has 168 valence electrons. The van der Waals surface area contributed by atoms with Crippen LogP contribution in [0.2, 0.25) is 5.02 Å². The topological polar surface area (TPSA) is 66.5 Å². The standard InChI is InChI=1S/C23H21Br2ClN2O3S/c24-19-11-10-18(14-20(19)25)15-27-23(29)12-13-28(16-17-6-2-1-3-7-17)32(30,31)22-9-5-4-8-21(22)26/h1-11,14H,12-13,15-16H2,(H,27,29). The lowest BCUT2D eigenvalue weighted by Gasteiger charge is -2.23. The third kappa shape index (κ3) is 6.65. The zero-order valence-corrected chi connectivity index (χ0v) is 21.7. The van der Waals surface area contributed by atoms with E-state index in [0.717, 1.165) is 20.1 Å². The molecule has 0 fully saturated rings. The van der Waals surface area contributed by atoms with E-state index >= 15 is 0 Å². The Labute approximate surface area is 210 Å². The molecule has 0 aromatic heterocycles. The minimum Gasteiger partial charge on any atom is -0.352 e. The molecule has 0 aliphatic heterocycles. The van der Waals surface area contributed by atoms with Crippen LogP contribution in [0.5, 0.6) is 0 Å². The van der Waals surface area contributed by atoms with E-state index < -0.39 is 10.0 Å². The first-order valence-corrected chi connectivity index (χ1v) is 13.2. The summed E-state index contributed by atoms with van der Waals surface area (Å²) in [4.78, 5) is 12.5. The normalized spacial score (nSPS) is 11.5. The van der Waals surface area contributed by atoms with Gasteiger partial charge in [-0.15, -0.1) is 0 Å². The lowest BCUT2D eigenvalue weighted by Crippen LogP contribution is -2.35. The van der Waals surface area contributed by atoms with E-state index in [4.69, 9.17) is 11.6 Å². The molecule has 1 amide bonds. The fraction of sp³-hybridized carbons (Fsp3) is 0.174. The highest BCUT2D eigenvalue weighted by Gasteiger charge is 2.27. The number of hydrogen-bond donors (Lipinski definition) is 1. The van der Waals surface area contributed by atoms with Crippen molar-refractivity contribution in [1.29, 1.82) is 0 Å². The van der Waals surface area contributed by atoms with Crippen LogP contribution < -0.4 is 5.32 Å². The number of nitrogens with zero attached hydrogens (tertiary/aromatic N) is 1. The molecule has 0 spiro atoms. The highest BCUT2D eigenvalue weighted by molar-refractivity contribution is 9.13. The quantitative estimate of drug-likeness (QED) is 0.340. The van der Waals surface area contributed by atoms with Crippen molar-refractivity contribution in [3.05, 3.63) is 97.9 Å². The molecule has 0 bridgehead atoms. The minimum absolute atomic E-state index is 0.0220.